The molecule has 0 saturated carbocycles. The molecule has 0 unspecified atom stereocenters. The smallest absolute Gasteiger partial charge is 0.274 e. The summed E-state index contributed by atoms with van der Waals surface area (Å²) in [5, 5.41) is 6.67. The Morgan fingerprint density at radius 2 is 1.79 bits per heavy atom. The fourth-order valence-corrected chi connectivity index (χ4v) is 3.11. The van der Waals surface area contributed by atoms with Crippen LogP contribution in [0.25, 0.3) is 10.9 Å². The highest BCUT2D eigenvalue weighted by Gasteiger charge is 2.14. The number of anilines is 2. The zero-order valence-corrected chi connectivity index (χ0v) is 15.4. The Bertz CT molecular complexity index is 1130. The lowest BCUT2D eigenvalue weighted by Crippen LogP contribution is -2.16. The number of nitrogens with one attached hydrogen (secondary N) is 3. The summed E-state index contributed by atoms with van der Waals surface area (Å²) in [5.41, 5.74) is 2.64. The molecule has 0 fully saturated rings. The zero-order valence-electron chi connectivity index (χ0n) is 15.4. The van der Waals surface area contributed by atoms with Crippen molar-refractivity contribution in [1.82, 2.24) is 9.97 Å². The summed E-state index contributed by atoms with van der Waals surface area (Å²) in [7, 11) is 0. The minimum absolute atomic E-state index is 0.0647. The summed E-state index contributed by atoms with van der Waals surface area (Å²) >= 11 is 0. The summed E-state index contributed by atoms with van der Waals surface area (Å²) in [6.45, 7) is 0.690. The van der Waals surface area contributed by atoms with Crippen LogP contribution < -0.4 is 10.6 Å². The Labute approximate surface area is 165 Å². The highest BCUT2D eigenvalue weighted by molar-refractivity contribution is 6.03. The van der Waals surface area contributed by atoms with E-state index in [0.717, 1.165) is 29.8 Å². The van der Waals surface area contributed by atoms with Crippen LogP contribution in [-0.2, 0) is 6.42 Å². The zero-order chi connectivity index (χ0) is 20.2. The molecule has 0 saturated heterocycles. The maximum Gasteiger partial charge on any atom is 0.274 e. The number of para-hydroxylation sites is 2. The van der Waals surface area contributed by atoms with Crippen molar-refractivity contribution in [1.29, 1.82) is 0 Å². The van der Waals surface area contributed by atoms with E-state index in [1.54, 1.807) is 6.07 Å². The Hall–Kier alpha value is -3.74. The van der Waals surface area contributed by atoms with Crippen molar-refractivity contribution in [3.8, 4) is 0 Å². The van der Waals surface area contributed by atoms with E-state index in [4.69, 9.17) is 0 Å². The van der Waals surface area contributed by atoms with Gasteiger partial charge in [0.15, 0.2) is 0 Å². The molecule has 0 aliphatic heterocycles. The quantitative estimate of drug-likeness (QED) is 0.444. The van der Waals surface area contributed by atoms with Crippen LogP contribution in [0.4, 0.5) is 20.2 Å². The molecule has 1 amide bonds. The number of rotatable bonds is 6. The van der Waals surface area contributed by atoms with Gasteiger partial charge in [0, 0.05) is 23.6 Å². The van der Waals surface area contributed by atoms with Gasteiger partial charge in [-0.15, -0.1) is 0 Å². The van der Waals surface area contributed by atoms with Crippen LogP contribution in [0.2, 0.25) is 0 Å². The van der Waals surface area contributed by atoms with Gasteiger partial charge < -0.3 is 15.6 Å². The average molecular weight is 392 g/mol. The maximum atomic E-state index is 13.7. The lowest BCUT2D eigenvalue weighted by atomic mass is 10.1. The normalized spacial score (nSPS) is 10.8. The van der Waals surface area contributed by atoms with E-state index >= 15 is 0 Å². The number of halogens is 2. The molecular formula is C22H18F2N4O. The van der Waals surface area contributed by atoms with Gasteiger partial charge in [-0.3, -0.25) is 4.79 Å². The number of H-pyrrole nitrogens is 1. The molecule has 4 rings (SSSR count). The Morgan fingerprint density at radius 3 is 2.55 bits per heavy atom. The van der Waals surface area contributed by atoms with E-state index in [2.05, 4.69) is 26.7 Å². The van der Waals surface area contributed by atoms with E-state index in [0.29, 0.717) is 6.54 Å². The van der Waals surface area contributed by atoms with Gasteiger partial charge in [0.25, 0.3) is 5.91 Å². The van der Waals surface area contributed by atoms with Crippen LogP contribution in [0.15, 0.2) is 67.0 Å². The third kappa shape index (κ3) is 4.08. The van der Waals surface area contributed by atoms with Gasteiger partial charge >= 0.3 is 0 Å². The Morgan fingerprint density at radius 1 is 1.00 bits per heavy atom. The maximum absolute atomic E-state index is 13.7. The first-order valence-corrected chi connectivity index (χ1v) is 9.12. The lowest BCUT2D eigenvalue weighted by Gasteiger charge is -2.08. The fraction of sp³-hybridized carbons (Fsp3) is 0.0909. The Balaban J connectivity index is 1.36. The van der Waals surface area contributed by atoms with Crippen LogP contribution in [0.1, 0.15) is 16.1 Å². The van der Waals surface area contributed by atoms with Gasteiger partial charge in [0.1, 0.15) is 23.0 Å². The summed E-state index contributed by atoms with van der Waals surface area (Å²) < 4.78 is 27.3. The van der Waals surface area contributed by atoms with Crippen molar-refractivity contribution < 1.29 is 13.6 Å². The SMILES string of the molecule is O=C(Nc1c(F)cccc1F)c1ccc(NCCc2c[nH]c3ccccc23)cn1. The molecule has 7 heteroatoms. The Kier molecular flexibility index (Phi) is 5.20. The summed E-state index contributed by atoms with van der Waals surface area (Å²) in [4.78, 5) is 19.5. The third-order valence-corrected chi connectivity index (χ3v) is 4.60. The van der Waals surface area contributed by atoms with Gasteiger partial charge in [-0.05, 0) is 42.3 Å². The molecule has 4 aromatic rings. The van der Waals surface area contributed by atoms with E-state index in [9.17, 15) is 13.6 Å². The number of benzene rings is 2. The number of hydrogen-bond donors (Lipinski definition) is 3. The predicted molar refractivity (Wildman–Crippen MR) is 109 cm³/mol. The molecule has 5 nitrogen and oxygen atoms in total. The minimum atomic E-state index is -0.839. The van der Waals surface area contributed by atoms with Crippen molar-refractivity contribution in [2.45, 2.75) is 6.42 Å². The number of aromatic amines is 1. The molecule has 0 atom stereocenters. The molecule has 0 radical (unpaired) electrons. The molecule has 29 heavy (non-hydrogen) atoms. The first-order valence-electron chi connectivity index (χ1n) is 9.12. The molecule has 146 valence electrons. The predicted octanol–water partition coefficient (Wildman–Crippen LogP) is 4.75. The molecule has 2 heterocycles. The summed E-state index contributed by atoms with van der Waals surface area (Å²) in [5.74, 6) is -2.36. The van der Waals surface area contributed by atoms with Gasteiger partial charge in [-0.2, -0.15) is 0 Å². The number of carbonyl (C=O) groups excluding carboxylic acids is 1. The van der Waals surface area contributed by atoms with E-state index in [-0.39, 0.29) is 5.69 Å². The molecule has 3 N–H and O–H groups in total. The monoisotopic (exact) mass is 392 g/mol. The lowest BCUT2D eigenvalue weighted by molar-refractivity contribution is 0.102. The van der Waals surface area contributed by atoms with Crippen LogP contribution in [-0.4, -0.2) is 22.4 Å². The summed E-state index contributed by atoms with van der Waals surface area (Å²) in [6, 6.07) is 14.7. The minimum Gasteiger partial charge on any atom is -0.383 e. The van der Waals surface area contributed by atoms with Crippen molar-refractivity contribution in [2.75, 3.05) is 17.2 Å². The van der Waals surface area contributed by atoms with Crippen molar-refractivity contribution >= 4 is 28.2 Å². The standard InChI is InChI=1S/C22H18F2N4O/c23-17-5-3-6-18(24)21(17)28-22(29)20-9-8-15(13-27-20)25-11-10-14-12-26-19-7-2-1-4-16(14)19/h1-9,12-13,25-26H,10-11H2,(H,28,29). The van der Waals surface area contributed by atoms with Crippen molar-refractivity contribution in [3.63, 3.8) is 0 Å². The first-order chi connectivity index (χ1) is 14.1. The molecular weight excluding hydrogens is 374 g/mol. The molecule has 0 spiro atoms. The number of amides is 1. The van der Waals surface area contributed by atoms with Crippen molar-refractivity contribution in [2.24, 2.45) is 0 Å². The van der Waals surface area contributed by atoms with Crippen LogP contribution in [0.3, 0.4) is 0 Å². The number of carbonyl (C=O) groups is 1. The largest absolute Gasteiger partial charge is 0.383 e. The first kappa shape index (κ1) is 18.6. The number of aromatic nitrogens is 2. The topological polar surface area (TPSA) is 69.8 Å². The molecule has 2 aromatic heterocycles. The van der Waals surface area contributed by atoms with Gasteiger partial charge in [0.05, 0.1) is 11.9 Å². The number of pyridine rings is 1. The highest BCUT2D eigenvalue weighted by Crippen LogP contribution is 2.20. The second kappa shape index (κ2) is 8.10. The van der Waals surface area contributed by atoms with Gasteiger partial charge in [0.2, 0.25) is 0 Å². The number of hydrogen-bond acceptors (Lipinski definition) is 3. The number of nitrogens with zero attached hydrogens (tertiary/aromatic N) is 1. The van der Waals surface area contributed by atoms with Crippen LogP contribution in [0.5, 0.6) is 0 Å². The third-order valence-electron chi connectivity index (χ3n) is 4.60. The molecule has 0 aliphatic rings. The second-order valence-electron chi connectivity index (χ2n) is 6.52. The second-order valence-corrected chi connectivity index (χ2v) is 6.52. The fourth-order valence-electron chi connectivity index (χ4n) is 3.11. The molecule has 2 aromatic carbocycles. The van der Waals surface area contributed by atoms with Crippen LogP contribution >= 0.6 is 0 Å². The van der Waals surface area contributed by atoms with E-state index < -0.39 is 23.2 Å². The van der Waals surface area contributed by atoms with Gasteiger partial charge in [-0.1, -0.05) is 24.3 Å². The molecule has 0 aliphatic carbocycles. The molecule has 0 bridgehead atoms. The van der Waals surface area contributed by atoms with E-state index in [1.165, 1.54) is 29.3 Å². The van der Waals surface area contributed by atoms with E-state index in [1.807, 2.05) is 24.4 Å². The van der Waals surface area contributed by atoms with Gasteiger partial charge in [-0.25, -0.2) is 13.8 Å². The highest BCUT2D eigenvalue weighted by atomic mass is 19.1. The van der Waals surface area contributed by atoms with Crippen LogP contribution in [0, 0.1) is 11.6 Å². The average Bonchev–Trinajstić information content (AvgIpc) is 3.14. The van der Waals surface area contributed by atoms with Crippen molar-refractivity contribution in [3.05, 3.63) is 89.9 Å². The number of fused-ring (bicyclic) bond motifs is 1. The summed E-state index contributed by atoms with van der Waals surface area (Å²) in [6.07, 6.45) is 4.33.